The number of nitrogens with zero attached hydrogens (tertiary/aromatic N) is 3. The molecule has 2 aromatic carbocycles. The van der Waals surface area contributed by atoms with Crippen LogP contribution in [0.4, 0.5) is 4.39 Å². The lowest BCUT2D eigenvalue weighted by molar-refractivity contribution is 0.627. The second-order valence-corrected chi connectivity index (χ2v) is 5.02. The van der Waals surface area contributed by atoms with Crippen LogP contribution in [0.3, 0.4) is 0 Å². The standard InChI is InChI=1S/C16H13ClFN3/c1-11-2-4-12(5-3-11)16-20-19-15(10-17)21(16)14-8-6-13(18)7-9-14/h2-9H,10H2,1H3. The smallest absolute Gasteiger partial charge is 0.168 e. The number of alkyl halides is 1. The summed E-state index contributed by atoms with van der Waals surface area (Å²) < 4.78 is 15.0. The molecule has 0 saturated heterocycles. The largest absolute Gasteiger partial charge is 0.278 e. The fourth-order valence-electron chi connectivity index (χ4n) is 2.15. The minimum Gasteiger partial charge on any atom is -0.278 e. The Bertz CT molecular complexity index is 748. The highest BCUT2D eigenvalue weighted by atomic mass is 35.5. The van der Waals surface area contributed by atoms with Gasteiger partial charge in [-0.15, -0.1) is 21.8 Å². The van der Waals surface area contributed by atoms with Crippen molar-refractivity contribution < 1.29 is 4.39 Å². The first-order valence-corrected chi connectivity index (χ1v) is 7.06. The predicted octanol–water partition coefficient (Wildman–Crippen LogP) is 4.12. The first-order valence-electron chi connectivity index (χ1n) is 6.52. The fourth-order valence-corrected chi connectivity index (χ4v) is 2.33. The minimum absolute atomic E-state index is 0.232. The molecule has 0 spiro atoms. The molecule has 5 heteroatoms. The average molecular weight is 302 g/mol. The van der Waals surface area contributed by atoms with E-state index >= 15 is 0 Å². The lowest BCUT2D eigenvalue weighted by Crippen LogP contribution is -2.01. The van der Waals surface area contributed by atoms with Gasteiger partial charge < -0.3 is 0 Å². The van der Waals surface area contributed by atoms with Gasteiger partial charge in [-0.25, -0.2) is 4.39 Å². The van der Waals surface area contributed by atoms with Crippen LogP contribution >= 0.6 is 11.6 Å². The number of benzene rings is 2. The molecule has 0 aliphatic heterocycles. The maximum atomic E-state index is 13.1. The molecule has 1 heterocycles. The van der Waals surface area contributed by atoms with Crippen molar-refractivity contribution >= 4 is 11.6 Å². The van der Waals surface area contributed by atoms with Gasteiger partial charge in [-0.1, -0.05) is 29.8 Å². The Kier molecular flexibility index (Phi) is 3.71. The van der Waals surface area contributed by atoms with E-state index in [0.717, 1.165) is 11.3 Å². The van der Waals surface area contributed by atoms with Crippen LogP contribution in [0.15, 0.2) is 48.5 Å². The zero-order valence-corrected chi connectivity index (χ0v) is 12.2. The molecule has 3 nitrogen and oxygen atoms in total. The molecule has 0 bridgehead atoms. The number of hydrogen-bond acceptors (Lipinski definition) is 2. The molecule has 0 radical (unpaired) electrons. The van der Waals surface area contributed by atoms with Crippen LogP contribution in [0.25, 0.3) is 17.1 Å². The fraction of sp³-hybridized carbons (Fsp3) is 0.125. The van der Waals surface area contributed by atoms with Gasteiger partial charge in [0.2, 0.25) is 0 Å². The summed E-state index contributed by atoms with van der Waals surface area (Å²) in [6, 6.07) is 14.2. The van der Waals surface area contributed by atoms with Gasteiger partial charge >= 0.3 is 0 Å². The predicted molar refractivity (Wildman–Crippen MR) is 81.0 cm³/mol. The van der Waals surface area contributed by atoms with Gasteiger partial charge in [-0.2, -0.15) is 0 Å². The molecule has 0 N–H and O–H groups in total. The van der Waals surface area contributed by atoms with Crippen molar-refractivity contribution in [3.8, 4) is 17.1 Å². The van der Waals surface area contributed by atoms with E-state index in [1.807, 2.05) is 35.8 Å². The molecule has 0 unspecified atom stereocenters. The zero-order chi connectivity index (χ0) is 14.8. The summed E-state index contributed by atoms with van der Waals surface area (Å²) in [5, 5.41) is 8.34. The van der Waals surface area contributed by atoms with E-state index in [4.69, 9.17) is 11.6 Å². The van der Waals surface area contributed by atoms with E-state index in [1.54, 1.807) is 12.1 Å². The van der Waals surface area contributed by atoms with Crippen LogP contribution in [0.5, 0.6) is 0 Å². The summed E-state index contributed by atoms with van der Waals surface area (Å²) >= 11 is 5.94. The molecule has 21 heavy (non-hydrogen) atoms. The highest BCUT2D eigenvalue weighted by Crippen LogP contribution is 2.24. The molecule has 0 saturated carbocycles. The molecule has 3 aromatic rings. The molecule has 106 valence electrons. The van der Waals surface area contributed by atoms with Gasteiger partial charge in [-0.05, 0) is 31.2 Å². The highest BCUT2D eigenvalue weighted by Gasteiger charge is 2.14. The second-order valence-electron chi connectivity index (χ2n) is 4.75. The summed E-state index contributed by atoms with van der Waals surface area (Å²) in [5.41, 5.74) is 2.89. The van der Waals surface area contributed by atoms with Crippen molar-refractivity contribution in [2.45, 2.75) is 12.8 Å². The number of aromatic nitrogens is 3. The van der Waals surface area contributed by atoms with Gasteiger partial charge in [-0.3, -0.25) is 4.57 Å². The van der Waals surface area contributed by atoms with Gasteiger partial charge in [0.15, 0.2) is 11.6 Å². The SMILES string of the molecule is Cc1ccc(-c2nnc(CCl)n2-c2ccc(F)cc2)cc1. The van der Waals surface area contributed by atoms with Gasteiger partial charge in [0.05, 0.1) is 5.88 Å². The molecule has 0 atom stereocenters. The van der Waals surface area contributed by atoms with Gasteiger partial charge in [0.1, 0.15) is 5.82 Å². The molecule has 3 rings (SSSR count). The monoisotopic (exact) mass is 301 g/mol. The lowest BCUT2D eigenvalue weighted by atomic mass is 10.1. The molecule has 0 fully saturated rings. The Balaban J connectivity index is 2.16. The van der Waals surface area contributed by atoms with Crippen LogP contribution in [0.2, 0.25) is 0 Å². The average Bonchev–Trinajstić information content (AvgIpc) is 2.93. The van der Waals surface area contributed by atoms with Crippen molar-refractivity contribution in [2.75, 3.05) is 0 Å². The van der Waals surface area contributed by atoms with E-state index in [-0.39, 0.29) is 11.7 Å². The van der Waals surface area contributed by atoms with E-state index < -0.39 is 0 Å². The van der Waals surface area contributed by atoms with E-state index in [1.165, 1.54) is 17.7 Å². The Labute approximate surface area is 127 Å². The molecular formula is C16H13ClFN3. The zero-order valence-electron chi connectivity index (χ0n) is 11.4. The number of aryl methyl sites for hydroxylation is 1. The normalized spacial score (nSPS) is 10.8. The van der Waals surface area contributed by atoms with Crippen LogP contribution < -0.4 is 0 Å². The van der Waals surface area contributed by atoms with E-state index in [2.05, 4.69) is 10.2 Å². The van der Waals surface area contributed by atoms with Crippen molar-refractivity contribution in [3.63, 3.8) is 0 Å². The van der Waals surface area contributed by atoms with Crippen LogP contribution in [0.1, 0.15) is 11.4 Å². The molecule has 1 aromatic heterocycles. The number of hydrogen-bond donors (Lipinski definition) is 0. The van der Waals surface area contributed by atoms with Gasteiger partial charge in [0.25, 0.3) is 0 Å². The number of halogens is 2. The third-order valence-electron chi connectivity index (χ3n) is 3.24. The van der Waals surface area contributed by atoms with Crippen molar-refractivity contribution in [3.05, 3.63) is 65.7 Å². The van der Waals surface area contributed by atoms with Gasteiger partial charge in [0, 0.05) is 11.3 Å². The maximum absolute atomic E-state index is 13.1. The van der Waals surface area contributed by atoms with Crippen molar-refractivity contribution in [1.29, 1.82) is 0 Å². The topological polar surface area (TPSA) is 30.7 Å². The maximum Gasteiger partial charge on any atom is 0.168 e. The molecule has 0 aliphatic carbocycles. The first kappa shape index (κ1) is 13.8. The molecule has 0 amide bonds. The summed E-state index contributed by atoms with van der Waals surface area (Å²) in [6.45, 7) is 2.03. The molecule has 0 aliphatic rings. The summed E-state index contributed by atoms with van der Waals surface area (Å²) in [7, 11) is 0. The minimum atomic E-state index is -0.281. The van der Waals surface area contributed by atoms with E-state index in [0.29, 0.717) is 11.6 Å². The summed E-state index contributed by atoms with van der Waals surface area (Å²) in [5.74, 6) is 1.27. The number of rotatable bonds is 3. The Morgan fingerprint density at radius 2 is 1.67 bits per heavy atom. The highest BCUT2D eigenvalue weighted by molar-refractivity contribution is 6.16. The van der Waals surface area contributed by atoms with Crippen molar-refractivity contribution in [2.24, 2.45) is 0 Å². The first-order chi connectivity index (χ1) is 10.2. The second kappa shape index (κ2) is 5.66. The van der Waals surface area contributed by atoms with Crippen LogP contribution in [-0.2, 0) is 5.88 Å². The summed E-state index contributed by atoms with van der Waals surface area (Å²) in [6.07, 6.45) is 0. The quantitative estimate of drug-likeness (QED) is 0.681. The Hall–Kier alpha value is -2.20. The lowest BCUT2D eigenvalue weighted by Gasteiger charge is -2.09. The van der Waals surface area contributed by atoms with Crippen molar-refractivity contribution in [1.82, 2.24) is 14.8 Å². The Morgan fingerprint density at radius 1 is 1.00 bits per heavy atom. The molecular weight excluding hydrogens is 289 g/mol. The third-order valence-corrected chi connectivity index (χ3v) is 3.48. The summed E-state index contributed by atoms with van der Waals surface area (Å²) in [4.78, 5) is 0. The van der Waals surface area contributed by atoms with Crippen LogP contribution in [-0.4, -0.2) is 14.8 Å². The Morgan fingerprint density at radius 3 is 2.29 bits per heavy atom. The third kappa shape index (κ3) is 2.67. The van der Waals surface area contributed by atoms with Crippen LogP contribution in [0, 0.1) is 12.7 Å². The van der Waals surface area contributed by atoms with E-state index in [9.17, 15) is 4.39 Å².